The largest absolute Gasteiger partial charge is 0.411 e. The van der Waals surface area contributed by atoms with Gasteiger partial charge in [0, 0.05) is 27.4 Å². The summed E-state index contributed by atoms with van der Waals surface area (Å²) >= 11 is 0. The lowest BCUT2D eigenvalue weighted by Gasteiger charge is -1.98. The van der Waals surface area contributed by atoms with Gasteiger partial charge in [0.05, 0.1) is 5.71 Å². The van der Waals surface area contributed by atoms with Crippen LogP contribution in [-0.4, -0.2) is 15.9 Å². The molecule has 0 aliphatic rings. The Kier molecular flexibility index (Phi) is 2.11. The molecule has 2 aromatic carbocycles. The second-order valence-corrected chi connectivity index (χ2v) is 4.12. The fourth-order valence-electron chi connectivity index (χ4n) is 2.14. The lowest BCUT2D eigenvalue weighted by molar-refractivity contribution is 0.319. The first-order chi connectivity index (χ1) is 8.29. The van der Waals surface area contributed by atoms with Gasteiger partial charge in [0.1, 0.15) is 0 Å². The lowest BCUT2D eigenvalue weighted by Crippen LogP contribution is -1.93. The van der Waals surface area contributed by atoms with Gasteiger partial charge in [-0.1, -0.05) is 35.5 Å². The first-order valence-electron chi connectivity index (χ1n) is 5.49. The van der Waals surface area contributed by atoms with E-state index in [1.807, 2.05) is 24.3 Å². The highest BCUT2D eigenvalue weighted by Gasteiger charge is 2.05. The van der Waals surface area contributed by atoms with Crippen molar-refractivity contribution in [2.45, 2.75) is 6.92 Å². The molecule has 0 bridgehead atoms. The highest BCUT2D eigenvalue weighted by Crippen LogP contribution is 2.25. The summed E-state index contributed by atoms with van der Waals surface area (Å²) in [4.78, 5) is 3.36. The van der Waals surface area contributed by atoms with Gasteiger partial charge in [-0.3, -0.25) is 0 Å². The highest BCUT2D eigenvalue weighted by molar-refractivity contribution is 6.10. The maximum atomic E-state index is 8.78. The number of H-pyrrole nitrogens is 1. The number of benzene rings is 2. The van der Waals surface area contributed by atoms with Gasteiger partial charge in [-0.2, -0.15) is 0 Å². The summed E-state index contributed by atoms with van der Waals surface area (Å²) in [6.45, 7) is 1.78. The number of para-hydroxylation sites is 1. The van der Waals surface area contributed by atoms with Crippen molar-refractivity contribution in [3.05, 3.63) is 48.0 Å². The van der Waals surface area contributed by atoms with E-state index in [1.54, 1.807) is 6.92 Å². The average Bonchev–Trinajstić information content (AvgIpc) is 2.75. The molecule has 0 atom stereocenters. The summed E-state index contributed by atoms with van der Waals surface area (Å²) in [6, 6.07) is 14.2. The Morgan fingerprint density at radius 2 is 1.82 bits per heavy atom. The van der Waals surface area contributed by atoms with Crippen LogP contribution in [0.2, 0.25) is 0 Å². The Labute approximate surface area is 98.4 Å². The second kappa shape index (κ2) is 3.63. The summed E-state index contributed by atoms with van der Waals surface area (Å²) in [5.74, 6) is 0. The van der Waals surface area contributed by atoms with Crippen LogP contribution in [0.15, 0.2) is 47.6 Å². The summed E-state index contributed by atoms with van der Waals surface area (Å²) in [7, 11) is 0. The molecule has 0 radical (unpaired) electrons. The normalized spacial score (nSPS) is 12.4. The summed E-state index contributed by atoms with van der Waals surface area (Å²) < 4.78 is 0. The van der Waals surface area contributed by atoms with Gasteiger partial charge in [-0.15, -0.1) is 0 Å². The minimum Gasteiger partial charge on any atom is -0.411 e. The first kappa shape index (κ1) is 9.90. The number of hydrogen-bond acceptors (Lipinski definition) is 2. The molecule has 0 saturated carbocycles. The number of rotatable bonds is 1. The van der Waals surface area contributed by atoms with E-state index in [0.29, 0.717) is 5.71 Å². The third-order valence-electron chi connectivity index (χ3n) is 3.07. The molecule has 2 N–H and O–H groups in total. The fourth-order valence-corrected chi connectivity index (χ4v) is 2.14. The van der Waals surface area contributed by atoms with Crippen molar-refractivity contribution in [2.24, 2.45) is 5.16 Å². The van der Waals surface area contributed by atoms with E-state index >= 15 is 0 Å². The molecule has 1 aromatic heterocycles. The standard InChI is InChI=1S/C14H12N2O/c1-9(16-17)10-6-7-12-11-4-2-3-5-13(11)15-14(12)8-10/h2-8,15,17H,1H3. The Balaban J connectivity index is 2.34. The summed E-state index contributed by atoms with van der Waals surface area (Å²) in [5.41, 5.74) is 3.72. The van der Waals surface area contributed by atoms with Crippen molar-refractivity contribution in [2.75, 3.05) is 0 Å². The molecular formula is C14H12N2O. The van der Waals surface area contributed by atoms with Crippen molar-refractivity contribution in [3.63, 3.8) is 0 Å². The van der Waals surface area contributed by atoms with Gasteiger partial charge >= 0.3 is 0 Å². The van der Waals surface area contributed by atoms with Gasteiger partial charge in [0.25, 0.3) is 0 Å². The van der Waals surface area contributed by atoms with Crippen LogP contribution in [0.5, 0.6) is 0 Å². The van der Waals surface area contributed by atoms with E-state index < -0.39 is 0 Å². The fraction of sp³-hybridized carbons (Fsp3) is 0.0714. The van der Waals surface area contributed by atoms with Crippen LogP contribution in [0, 0.1) is 0 Å². The zero-order valence-corrected chi connectivity index (χ0v) is 9.44. The Morgan fingerprint density at radius 3 is 2.65 bits per heavy atom. The molecule has 0 fully saturated rings. The predicted molar refractivity (Wildman–Crippen MR) is 69.8 cm³/mol. The van der Waals surface area contributed by atoms with Crippen molar-refractivity contribution >= 4 is 27.5 Å². The Hall–Kier alpha value is -2.29. The smallest absolute Gasteiger partial charge is 0.0837 e. The Bertz CT molecular complexity index is 725. The number of aromatic amines is 1. The van der Waals surface area contributed by atoms with Crippen LogP contribution in [0.25, 0.3) is 21.8 Å². The van der Waals surface area contributed by atoms with Crippen molar-refractivity contribution in [1.82, 2.24) is 4.98 Å². The van der Waals surface area contributed by atoms with E-state index in [9.17, 15) is 0 Å². The molecule has 3 aromatic rings. The topological polar surface area (TPSA) is 48.4 Å². The van der Waals surface area contributed by atoms with Crippen LogP contribution in [0.1, 0.15) is 12.5 Å². The van der Waals surface area contributed by atoms with Crippen LogP contribution < -0.4 is 0 Å². The molecule has 0 amide bonds. The molecule has 0 aliphatic carbocycles. The van der Waals surface area contributed by atoms with Crippen LogP contribution in [0.3, 0.4) is 0 Å². The molecule has 0 aliphatic heterocycles. The van der Waals surface area contributed by atoms with Gasteiger partial charge in [0.2, 0.25) is 0 Å². The zero-order chi connectivity index (χ0) is 11.8. The SMILES string of the molecule is CC(=NO)c1ccc2c(c1)[nH]c1ccccc12. The molecule has 3 nitrogen and oxygen atoms in total. The molecule has 3 heteroatoms. The number of aromatic nitrogens is 1. The lowest BCUT2D eigenvalue weighted by atomic mass is 10.1. The minimum atomic E-state index is 0.616. The van der Waals surface area contributed by atoms with E-state index in [-0.39, 0.29) is 0 Å². The van der Waals surface area contributed by atoms with Gasteiger partial charge in [-0.05, 0) is 19.1 Å². The van der Waals surface area contributed by atoms with Gasteiger partial charge in [-0.25, -0.2) is 0 Å². The average molecular weight is 224 g/mol. The van der Waals surface area contributed by atoms with Crippen LogP contribution in [-0.2, 0) is 0 Å². The zero-order valence-electron chi connectivity index (χ0n) is 9.44. The summed E-state index contributed by atoms with van der Waals surface area (Å²) in [5, 5.41) is 14.4. The highest BCUT2D eigenvalue weighted by atomic mass is 16.4. The van der Waals surface area contributed by atoms with Crippen LogP contribution in [0.4, 0.5) is 0 Å². The number of hydrogen-bond donors (Lipinski definition) is 2. The van der Waals surface area contributed by atoms with E-state index in [1.165, 1.54) is 10.8 Å². The number of oxime groups is 1. The maximum absolute atomic E-state index is 8.78. The molecule has 0 unspecified atom stereocenters. The number of fused-ring (bicyclic) bond motifs is 3. The van der Waals surface area contributed by atoms with Gasteiger partial charge < -0.3 is 10.2 Å². The van der Waals surface area contributed by atoms with Crippen molar-refractivity contribution in [1.29, 1.82) is 0 Å². The van der Waals surface area contributed by atoms with Crippen molar-refractivity contribution < 1.29 is 5.21 Å². The minimum absolute atomic E-state index is 0.616. The first-order valence-corrected chi connectivity index (χ1v) is 5.49. The molecule has 17 heavy (non-hydrogen) atoms. The molecule has 1 heterocycles. The molecule has 0 saturated heterocycles. The summed E-state index contributed by atoms with van der Waals surface area (Å²) in [6.07, 6.45) is 0. The quantitative estimate of drug-likeness (QED) is 0.371. The third-order valence-corrected chi connectivity index (χ3v) is 3.07. The maximum Gasteiger partial charge on any atom is 0.0837 e. The molecular weight excluding hydrogens is 212 g/mol. The monoisotopic (exact) mass is 224 g/mol. The number of nitrogens with zero attached hydrogens (tertiary/aromatic N) is 1. The van der Waals surface area contributed by atoms with Crippen molar-refractivity contribution in [3.8, 4) is 0 Å². The predicted octanol–water partition coefficient (Wildman–Crippen LogP) is 3.52. The second-order valence-electron chi connectivity index (χ2n) is 4.12. The molecule has 3 rings (SSSR count). The molecule has 0 spiro atoms. The van der Waals surface area contributed by atoms with Gasteiger partial charge in [0.15, 0.2) is 0 Å². The van der Waals surface area contributed by atoms with E-state index in [0.717, 1.165) is 16.6 Å². The third kappa shape index (κ3) is 1.47. The Morgan fingerprint density at radius 1 is 1.06 bits per heavy atom. The molecule has 84 valence electrons. The number of nitrogens with one attached hydrogen (secondary N) is 1. The van der Waals surface area contributed by atoms with Crippen LogP contribution >= 0.6 is 0 Å². The van der Waals surface area contributed by atoms with E-state index in [2.05, 4.69) is 28.3 Å². The van der Waals surface area contributed by atoms with E-state index in [4.69, 9.17) is 5.21 Å².